The lowest BCUT2D eigenvalue weighted by atomic mass is 10.0. The van der Waals surface area contributed by atoms with E-state index >= 15 is 0 Å². The smallest absolute Gasteiger partial charge is 0.316 e. The summed E-state index contributed by atoms with van der Waals surface area (Å²) in [6.07, 6.45) is 0.549. The number of urea groups is 1. The average Bonchev–Trinajstić information content (AvgIpc) is 2.74. The van der Waals surface area contributed by atoms with Crippen molar-refractivity contribution < 1.29 is 14.6 Å². The number of anilines is 2. The van der Waals surface area contributed by atoms with Gasteiger partial charge in [-0.15, -0.1) is 0 Å². The fraction of sp³-hybridized carbons (Fsp3) is 0.458. The number of aliphatic hydroxyl groups excluding tert-OH is 1. The number of hydrogen-bond donors (Lipinski definition) is 3. The highest BCUT2D eigenvalue weighted by Crippen LogP contribution is 2.19. The van der Waals surface area contributed by atoms with E-state index in [1.165, 1.54) is 11.3 Å². The second-order valence-electron chi connectivity index (χ2n) is 8.53. The summed E-state index contributed by atoms with van der Waals surface area (Å²) in [5, 5.41) is 12.9. The van der Waals surface area contributed by atoms with E-state index in [4.69, 9.17) is 10.5 Å². The van der Waals surface area contributed by atoms with Gasteiger partial charge in [-0.3, -0.25) is 4.90 Å². The van der Waals surface area contributed by atoms with E-state index in [2.05, 4.69) is 53.2 Å². The number of hydrogen-bond acceptors (Lipinski definition) is 5. The van der Waals surface area contributed by atoms with Gasteiger partial charge in [0, 0.05) is 44.1 Å². The molecule has 2 aromatic carbocycles. The van der Waals surface area contributed by atoms with Crippen molar-refractivity contribution in [1.29, 1.82) is 0 Å². The largest absolute Gasteiger partial charge is 0.491 e. The van der Waals surface area contributed by atoms with Crippen LogP contribution in [0.4, 0.5) is 16.2 Å². The molecule has 4 N–H and O–H groups in total. The quantitative estimate of drug-likeness (QED) is 0.574. The van der Waals surface area contributed by atoms with Crippen LogP contribution in [0.1, 0.15) is 19.4 Å². The van der Waals surface area contributed by atoms with Crippen LogP contribution in [0.2, 0.25) is 0 Å². The number of nitrogens with two attached hydrogens (primary N) is 1. The zero-order valence-electron chi connectivity index (χ0n) is 18.5. The Labute approximate surface area is 184 Å². The summed E-state index contributed by atoms with van der Waals surface area (Å²) >= 11 is 0. The van der Waals surface area contributed by atoms with Crippen LogP contribution < -0.4 is 20.7 Å². The number of β-amino-alcohol motifs (C(OH)–C–C–N with tert-alkyl or cyclic N) is 1. The van der Waals surface area contributed by atoms with Crippen LogP contribution in [0, 0.1) is 5.92 Å². The molecule has 31 heavy (non-hydrogen) atoms. The standard InChI is InChI=1S/C24H34N4O3/c1-18(2)15-19-3-7-21(8-4-19)28-13-11-27(12-14-28)16-22(29)17-31-23-9-5-20(6-10-23)26-24(25)30/h3-10,18,22,29H,11-17H2,1-2H3,(H3,25,26,30)/t22-/m1/s1. The van der Waals surface area contributed by atoms with Crippen LogP contribution in [0.5, 0.6) is 5.75 Å². The Morgan fingerprint density at radius 3 is 2.29 bits per heavy atom. The number of piperazine rings is 1. The van der Waals surface area contributed by atoms with Crippen molar-refractivity contribution in [3.63, 3.8) is 0 Å². The first-order valence-electron chi connectivity index (χ1n) is 10.9. The summed E-state index contributed by atoms with van der Waals surface area (Å²) in [4.78, 5) is 15.5. The molecule has 1 aliphatic heterocycles. The maximum absolute atomic E-state index is 10.8. The number of benzene rings is 2. The number of amides is 2. The number of rotatable bonds is 9. The summed E-state index contributed by atoms with van der Waals surface area (Å²) in [6, 6.07) is 15.2. The zero-order chi connectivity index (χ0) is 22.2. The van der Waals surface area contributed by atoms with E-state index in [0.717, 1.165) is 32.6 Å². The normalized spacial score (nSPS) is 15.7. The van der Waals surface area contributed by atoms with E-state index in [1.54, 1.807) is 24.3 Å². The third-order valence-corrected chi connectivity index (χ3v) is 5.35. The number of nitrogens with one attached hydrogen (secondary N) is 1. The van der Waals surface area contributed by atoms with Crippen molar-refractivity contribution in [1.82, 2.24) is 4.90 Å². The van der Waals surface area contributed by atoms with Crippen molar-refractivity contribution in [2.75, 3.05) is 49.5 Å². The van der Waals surface area contributed by atoms with Crippen LogP contribution in [0.3, 0.4) is 0 Å². The van der Waals surface area contributed by atoms with Crippen LogP contribution in [-0.4, -0.2) is 61.5 Å². The lowest BCUT2D eigenvalue weighted by Gasteiger charge is -2.37. The van der Waals surface area contributed by atoms with Crippen molar-refractivity contribution in [3.05, 3.63) is 54.1 Å². The van der Waals surface area contributed by atoms with Crippen LogP contribution in [0.15, 0.2) is 48.5 Å². The first-order chi connectivity index (χ1) is 14.9. The summed E-state index contributed by atoms with van der Waals surface area (Å²) in [6.45, 7) is 9.02. The molecule has 2 aromatic rings. The molecule has 2 amide bonds. The Morgan fingerprint density at radius 2 is 1.71 bits per heavy atom. The molecule has 1 saturated heterocycles. The first-order valence-corrected chi connectivity index (χ1v) is 10.9. The molecule has 168 valence electrons. The van der Waals surface area contributed by atoms with Gasteiger partial charge in [-0.1, -0.05) is 26.0 Å². The maximum Gasteiger partial charge on any atom is 0.316 e. The number of primary amides is 1. The van der Waals surface area contributed by atoms with Crippen molar-refractivity contribution >= 4 is 17.4 Å². The van der Waals surface area contributed by atoms with Gasteiger partial charge in [0.1, 0.15) is 18.5 Å². The predicted octanol–water partition coefficient (Wildman–Crippen LogP) is 2.94. The maximum atomic E-state index is 10.8. The molecule has 0 aliphatic carbocycles. The van der Waals surface area contributed by atoms with Crippen molar-refractivity contribution in [2.24, 2.45) is 11.7 Å². The minimum atomic E-state index is -0.604. The molecule has 0 unspecified atom stereocenters. The van der Waals surface area contributed by atoms with Gasteiger partial charge in [-0.05, 0) is 54.3 Å². The molecule has 0 bridgehead atoms. The molecule has 1 fully saturated rings. The molecule has 1 heterocycles. The van der Waals surface area contributed by atoms with Crippen LogP contribution in [-0.2, 0) is 6.42 Å². The lowest BCUT2D eigenvalue weighted by molar-refractivity contribution is 0.0663. The minimum Gasteiger partial charge on any atom is -0.491 e. The molecule has 7 heteroatoms. The van der Waals surface area contributed by atoms with Gasteiger partial charge in [0.15, 0.2) is 0 Å². The summed E-state index contributed by atoms with van der Waals surface area (Å²) in [5.41, 5.74) is 8.35. The van der Waals surface area contributed by atoms with E-state index in [9.17, 15) is 9.90 Å². The predicted molar refractivity (Wildman–Crippen MR) is 125 cm³/mol. The van der Waals surface area contributed by atoms with E-state index in [1.807, 2.05) is 0 Å². The number of aliphatic hydroxyl groups is 1. The fourth-order valence-corrected chi connectivity index (χ4v) is 3.82. The van der Waals surface area contributed by atoms with Crippen molar-refractivity contribution in [3.8, 4) is 5.75 Å². The lowest BCUT2D eigenvalue weighted by Crippen LogP contribution is -2.49. The SMILES string of the molecule is CC(C)Cc1ccc(N2CCN(C[C@@H](O)COc3ccc(NC(N)=O)cc3)CC2)cc1. The van der Waals surface area contributed by atoms with Gasteiger partial charge in [0.2, 0.25) is 0 Å². The number of ether oxygens (including phenoxy) is 1. The zero-order valence-corrected chi connectivity index (χ0v) is 18.5. The first kappa shape index (κ1) is 22.9. The molecule has 0 aromatic heterocycles. The van der Waals surface area contributed by atoms with Gasteiger partial charge in [-0.25, -0.2) is 4.79 Å². The van der Waals surface area contributed by atoms with Crippen LogP contribution >= 0.6 is 0 Å². The van der Waals surface area contributed by atoms with Gasteiger partial charge < -0.3 is 25.8 Å². The third-order valence-electron chi connectivity index (χ3n) is 5.35. The topological polar surface area (TPSA) is 91.1 Å². The number of carbonyl (C=O) groups excluding carboxylic acids is 1. The summed E-state index contributed by atoms with van der Waals surface area (Å²) in [5.74, 6) is 1.31. The van der Waals surface area contributed by atoms with Gasteiger partial charge in [0.05, 0.1) is 0 Å². The third kappa shape index (κ3) is 7.45. The van der Waals surface area contributed by atoms with Gasteiger partial charge in [0.25, 0.3) is 0 Å². The molecule has 0 saturated carbocycles. The Hall–Kier alpha value is -2.77. The minimum absolute atomic E-state index is 0.222. The Kier molecular flexibility index (Phi) is 8.14. The molecule has 1 aliphatic rings. The summed E-state index contributed by atoms with van der Waals surface area (Å²) < 4.78 is 5.67. The Bertz CT molecular complexity index is 816. The molecular formula is C24H34N4O3. The monoisotopic (exact) mass is 426 g/mol. The second-order valence-corrected chi connectivity index (χ2v) is 8.53. The van der Waals surface area contributed by atoms with Gasteiger partial charge in [-0.2, -0.15) is 0 Å². The average molecular weight is 427 g/mol. The molecular weight excluding hydrogens is 392 g/mol. The molecule has 1 atom stereocenters. The summed E-state index contributed by atoms with van der Waals surface area (Å²) in [7, 11) is 0. The fourth-order valence-electron chi connectivity index (χ4n) is 3.82. The molecule has 7 nitrogen and oxygen atoms in total. The van der Waals surface area contributed by atoms with Crippen molar-refractivity contribution in [2.45, 2.75) is 26.4 Å². The number of nitrogens with zero attached hydrogens (tertiary/aromatic N) is 2. The van der Waals surface area contributed by atoms with Gasteiger partial charge >= 0.3 is 6.03 Å². The van der Waals surface area contributed by atoms with E-state index < -0.39 is 12.1 Å². The highest BCUT2D eigenvalue weighted by atomic mass is 16.5. The number of carbonyl (C=O) groups is 1. The Balaban J connectivity index is 1.38. The second kappa shape index (κ2) is 11.0. The highest BCUT2D eigenvalue weighted by Gasteiger charge is 2.20. The van der Waals surface area contributed by atoms with E-state index in [0.29, 0.717) is 23.9 Å². The highest BCUT2D eigenvalue weighted by molar-refractivity contribution is 5.87. The van der Waals surface area contributed by atoms with Crippen LogP contribution in [0.25, 0.3) is 0 Å². The van der Waals surface area contributed by atoms with E-state index in [-0.39, 0.29) is 6.61 Å². The Morgan fingerprint density at radius 1 is 1.06 bits per heavy atom. The molecule has 3 rings (SSSR count). The molecule has 0 spiro atoms. The molecule has 0 radical (unpaired) electrons.